The second-order valence-corrected chi connectivity index (χ2v) is 5.44. The zero-order chi connectivity index (χ0) is 12.7. The van der Waals surface area contributed by atoms with E-state index in [0.29, 0.717) is 0 Å². The van der Waals surface area contributed by atoms with Crippen molar-refractivity contribution in [3.05, 3.63) is 28.7 Å². The first-order valence-electron chi connectivity index (χ1n) is 6.30. The van der Waals surface area contributed by atoms with Gasteiger partial charge in [0, 0.05) is 10.2 Å². The number of anilines is 1. The zero-order valence-electron chi connectivity index (χ0n) is 10.7. The molecule has 0 aliphatic carbocycles. The summed E-state index contributed by atoms with van der Waals surface area (Å²) in [6, 6.07) is 8.10. The van der Waals surface area contributed by atoms with Crippen molar-refractivity contribution >= 4 is 21.6 Å². The Bertz CT molecular complexity index is 319. The fraction of sp³-hybridized carbons (Fsp3) is 0.571. The lowest BCUT2D eigenvalue weighted by atomic mass is 9.90. The van der Waals surface area contributed by atoms with Crippen LogP contribution in [0.25, 0.3) is 0 Å². The Kier molecular flexibility index (Phi) is 6.00. The quantitative estimate of drug-likeness (QED) is 0.791. The maximum atomic E-state index is 9.65. The lowest BCUT2D eigenvalue weighted by Gasteiger charge is -2.33. The van der Waals surface area contributed by atoms with E-state index in [2.05, 4.69) is 35.1 Å². The molecular weight excluding hydrogens is 278 g/mol. The average molecular weight is 300 g/mol. The molecule has 0 saturated heterocycles. The number of rotatable bonds is 7. The van der Waals surface area contributed by atoms with E-state index < -0.39 is 0 Å². The Hall–Kier alpha value is -0.540. The number of hydrogen-bond donors (Lipinski definition) is 2. The summed E-state index contributed by atoms with van der Waals surface area (Å²) in [6.07, 6.45) is 4.23. The van der Waals surface area contributed by atoms with Crippen LogP contribution >= 0.6 is 15.9 Å². The topological polar surface area (TPSA) is 32.3 Å². The summed E-state index contributed by atoms with van der Waals surface area (Å²) in [5, 5.41) is 13.1. The van der Waals surface area contributed by atoms with E-state index in [4.69, 9.17) is 0 Å². The molecule has 3 heteroatoms. The van der Waals surface area contributed by atoms with Gasteiger partial charge in [0.15, 0.2) is 0 Å². The Morgan fingerprint density at radius 3 is 2.35 bits per heavy atom. The van der Waals surface area contributed by atoms with Gasteiger partial charge in [-0.3, -0.25) is 0 Å². The summed E-state index contributed by atoms with van der Waals surface area (Å²) in [6.45, 7) is 4.48. The Morgan fingerprint density at radius 1 is 1.24 bits per heavy atom. The van der Waals surface area contributed by atoms with Crippen LogP contribution in [0.4, 0.5) is 5.69 Å². The van der Waals surface area contributed by atoms with Gasteiger partial charge in [0.25, 0.3) is 0 Å². The van der Waals surface area contributed by atoms with E-state index in [9.17, 15) is 5.11 Å². The Morgan fingerprint density at radius 2 is 1.88 bits per heavy atom. The maximum Gasteiger partial charge on any atom is 0.0661 e. The van der Waals surface area contributed by atoms with Crippen molar-refractivity contribution in [2.45, 2.75) is 45.1 Å². The predicted octanol–water partition coefficient (Wildman–Crippen LogP) is 4.19. The predicted molar refractivity (Wildman–Crippen MR) is 77.4 cm³/mol. The molecule has 1 atom stereocenters. The number of benzene rings is 1. The van der Waals surface area contributed by atoms with E-state index in [0.717, 1.165) is 35.8 Å². The number of unbranched alkanes of at least 4 members (excludes halogenated alkanes) is 1. The second-order valence-electron chi connectivity index (χ2n) is 4.53. The molecule has 0 radical (unpaired) electrons. The molecule has 0 fully saturated rings. The number of halogens is 1. The molecule has 0 heterocycles. The normalized spacial score (nSPS) is 14.4. The van der Waals surface area contributed by atoms with Crippen molar-refractivity contribution in [3.8, 4) is 0 Å². The lowest BCUT2D eigenvalue weighted by molar-refractivity contribution is 0.195. The molecule has 0 amide bonds. The SMILES string of the molecule is CCCCC(CC)(CO)Nc1ccc(Br)cc1. The molecule has 0 aliphatic heterocycles. The standard InChI is InChI=1S/C14H22BrNO/c1-3-5-10-14(4-2,11-17)16-13-8-6-12(15)7-9-13/h6-9,16-17H,3-5,10-11H2,1-2H3. The summed E-state index contributed by atoms with van der Waals surface area (Å²) in [4.78, 5) is 0. The average Bonchev–Trinajstić information content (AvgIpc) is 2.37. The highest BCUT2D eigenvalue weighted by molar-refractivity contribution is 9.10. The van der Waals surface area contributed by atoms with Crippen molar-refractivity contribution in [1.29, 1.82) is 0 Å². The first-order chi connectivity index (χ1) is 8.15. The van der Waals surface area contributed by atoms with Crippen molar-refractivity contribution < 1.29 is 5.11 Å². The molecule has 0 bridgehead atoms. The van der Waals surface area contributed by atoms with Gasteiger partial charge in [0.1, 0.15) is 0 Å². The highest BCUT2D eigenvalue weighted by Crippen LogP contribution is 2.25. The fourth-order valence-corrected chi connectivity index (χ4v) is 2.18. The highest BCUT2D eigenvalue weighted by Gasteiger charge is 2.26. The molecule has 1 aromatic rings. The van der Waals surface area contributed by atoms with Crippen molar-refractivity contribution in [3.63, 3.8) is 0 Å². The Labute approximate surface area is 113 Å². The van der Waals surface area contributed by atoms with Crippen molar-refractivity contribution in [2.24, 2.45) is 0 Å². The molecule has 0 saturated carbocycles. The minimum atomic E-state index is -0.177. The summed E-state index contributed by atoms with van der Waals surface area (Å²) in [5.74, 6) is 0. The van der Waals surface area contributed by atoms with Gasteiger partial charge >= 0.3 is 0 Å². The van der Waals surface area contributed by atoms with E-state index in [1.165, 1.54) is 0 Å². The van der Waals surface area contributed by atoms with Gasteiger partial charge < -0.3 is 10.4 Å². The van der Waals surface area contributed by atoms with E-state index in [1.54, 1.807) is 0 Å². The third kappa shape index (κ3) is 4.32. The first kappa shape index (κ1) is 14.5. The minimum absolute atomic E-state index is 0.177. The van der Waals surface area contributed by atoms with Crippen molar-refractivity contribution in [2.75, 3.05) is 11.9 Å². The maximum absolute atomic E-state index is 9.65. The van der Waals surface area contributed by atoms with Crippen LogP contribution in [0.15, 0.2) is 28.7 Å². The van der Waals surface area contributed by atoms with Crippen LogP contribution in [0.3, 0.4) is 0 Å². The second kappa shape index (κ2) is 7.02. The van der Waals surface area contributed by atoms with Crippen LogP contribution in [0, 0.1) is 0 Å². The molecule has 0 aromatic heterocycles. The summed E-state index contributed by atoms with van der Waals surface area (Å²) >= 11 is 3.42. The van der Waals surface area contributed by atoms with Crippen LogP contribution in [-0.2, 0) is 0 Å². The fourth-order valence-electron chi connectivity index (χ4n) is 1.91. The van der Waals surface area contributed by atoms with Gasteiger partial charge in [0.2, 0.25) is 0 Å². The molecular formula is C14H22BrNO. The number of nitrogens with one attached hydrogen (secondary N) is 1. The summed E-state index contributed by atoms with van der Waals surface area (Å²) in [7, 11) is 0. The molecule has 1 aromatic carbocycles. The molecule has 17 heavy (non-hydrogen) atoms. The van der Waals surface area contributed by atoms with Gasteiger partial charge in [-0.1, -0.05) is 42.6 Å². The Balaban J connectivity index is 2.74. The van der Waals surface area contributed by atoms with Gasteiger partial charge in [-0.05, 0) is 37.1 Å². The molecule has 0 aliphatic rings. The third-order valence-corrected chi connectivity index (χ3v) is 3.77. The minimum Gasteiger partial charge on any atom is -0.394 e. The van der Waals surface area contributed by atoms with E-state index >= 15 is 0 Å². The van der Waals surface area contributed by atoms with Gasteiger partial charge in [-0.15, -0.1) is 0 Å². The summed E-state index contributed by atoms with van der Waals surface area (Å²) < 4.78 is 1.07. The lowest BCUT2D eigenvalue weighted by Crippen LogP contribution is -2.41. The third-order valence-electron chi connectivity index (χ3n) is 3.24. The number of aliphatic hydroxyl groups is 1. The number of aliphatic hydroxyl groups excluding tert-OH is 1. The van der Waals surface area contributed by atoms with Crippen LogP contribution in [-0.4, -0.2) is 17.3 Å². The van der Waals surface area contributed by atoms with E-state index in [-0.39, 0.29) is 12.1 Å². The largest absolute Gasteiger partial charge is 0.394 e. The van der Waals surface area contributed by atoms with Crippen LogP contribution in [0.2, 0.25) is 0 Å². The monoisotopic (exact) mass is 299 g/mol. The van der Waals surface area contributed by atoms with Gasteiger partial charge in [-0.2, -0.15) is 0 Å². The van der Waals surface area contributed by atoms with Crippen LogP contribution < -0.4 is 5.32 Å². The molecule has 1 unspecified atom stereocenters. The zero-order valence-corrected chi connectivity index (χ0v) is 12.3. The molecule has 96 valence electrons. The molecule has 0 spiro atoms. The molecule has 2 N–H and O–H groups in total. The summed E-state index contributed by atoms with van der Waals surface area (Å²) in [5.41, 5.74) is 0.893. The van der Waals surface area contributed by atoms with Gasteiger partial charge in [-0.25, -0.2) is 0 Å². The number of hydrogen-bond acceptors (Lipinski definition) is 2. The first-order valence-corrected chi connectivity index (χ1v) is 7.09. The van der Waals surface area contributed by atoms with Crippen LogP contribution in [0.1, 0.15) is 39.5 Å². The molecule has 2 nitrogen and oxygen atoms in total. The van der Waals surface area contributed by atoms with E-state index in [1.807, 2.05) is 24.3 Å². The highest BCUT2D eigenvalue weighted by atomic mass is 79.9. The molecule has 1 rings (SSSR count). The van der Waals surface area contributed by atoms with Crippen LogP contribution in [0.5, 0.6) is 0 Å². The van der Waals surface area contributed by atoms with Crippen molar-refractivity contribution in [1.82, 2.24) is 0 Å². The van der Waals surface area contributed by atoms with Gasteiger partial charge in [0.05, 0.1) is 12.1 Å². The smallest absolute Gasteiger partial charge is 0.0661 e.